The number of fused-ring (bicyclic) bond motifs is 2. The molecular weight excluding hydrogens is 625 g/mol. The van der Waals surface area contributed by atoms with Gasteiger partial charge in [0.1, 0.15) is 5.75 Å². The first-order chi connectivity index (χ1) is 22.5. The molecular formula is C42H70O4Si2. The second-order valence-electron chi connectivity index (χ2n) is 18.0. The van der Waals surface area contributed by atoms with Gasteiger partial charge in [-0.25, -0.2) is 0 Å². The Morgan fingerprint density at radius 2 is 1.50 bits per heavy atom. The maximum absolute atomic E-state index is 7.36. The van der Waals surface area contributed by atoms with Crippen LogP contribution in [0.5, 0.6) is 5.75 Å². The number of hydrogen-bond donors (Lipinski definition) is 0. The van der Waals surface area contributed by atoms with Gasteiger partial charge in [-0.1, -0.05) is 110 Å². The molecule has 4 rings (SSSR count). The minimum atomic E-state index is -1.93. The van der Waals surface area contributed by atoms with E-state index in [1.807, 2.05) is 0 Å². The Labute approximate surface area is 297 Å². The standard InChI is InChI=1S/C42H70O4Si2/c1-12-13-15-22-35(44-27-26-43-31-32-19-16-14-17-20-32)24-25-36-37-28-33-21-18-23-39(45-47(8,9)41(2,3)4)38(33)29-34(37)30-40(36)46-48(10,11)42(5,6)7/h14,16-21,23,34-37,40H,12-13,15,22,24-31H2,1-11H3/t34-,35-,36+,37-,40+/m0/s1. The fourth-order valence-electron chi connectivity index (χ4n) is 7.34. The molecule has 0 bridgehead atoms. The van der Waals surface area contributed by atoms with Crippen LogP contribution in [0.1, 0.15) is 110 Å². The zero-order valence-corrected chi connectivity index (χ0v) is 34.6. The molecule has 0 saturated heterocycles. The van der Waals surface area contributed by atoms with Crippen molar-refractivity contribution in [1.29, 1.82) is 0 Å². The Morgan fingerprint density at radius 1 is 0.792 bits per heavy atom. The van der Waals surface area contributed by atoms with E-state index in [-0.39, 0.29) is 16.2 Å². The average molecular weight is 695 g/mol. The van der Waals surface area contributed by atoms with Crippen LogP contribution in [0.25, 0.3) is 0 Å². The minimum Gasteiger partial charge on any atom is -0.543 e. The Morgan fingerprint density at radius 3 is 2.17 bits per heavy atom. The molecule has 0 spiro atoms. The lowest BCUT2D eigenvalue weighted by molar-refractivity contribution is -0.0125. The van der Waals surface area contributed by atoms with Gasteiger partial charge in [0.2, 0.25) is 8.32 Å². The van der Waals surface area contributed by atoms with Gasteiger partial charge in [0.15, 0.2) is 8.32 Å². The van der Waals surface area contributed by atoms with Gasteiger partial charge in [-0.2, -0.15) is 0 Å². The van der Waals surface area contributed by atoms with Gasteiger partial charge >= 0.3 is 0 Å². The normalized spacial score (nSPS) is 22.3. The average Bonchev–Trinajstić information content (AvgIpc) is 3.32. The molecule has 4 nitrogen and oxygen atoms in total. The first-order valence-electron chi connectivity index (χ1n) is 19.2. The Balaban J connectivity index is 1.49. The summed E-state index contributed by atoms with van der Waals surface area (Å²) in [5.74, 6) is 3.02. The Hall–Kier alpha value is -1.45. The van der Waals surface area contributed by atoms with Gasteiger partial charge in [0, 0.05) is 6.10 Å². The van der Waals surface area contributed by atoms with E-state index in [0.717, 1.165) is 31.4 Å². The molecule has 1 fully saturated rings. The largest absolute Gasteiger partial charge is 0.543 e. The predicted molar refractivity (Wildman–Crippen MR) is 208 cm³/mol. The number of benzene rings is 2. The third-order valence-electron chi connectivity index (χ3n) is 12.4. The molecule has 0 amide bonds. The first kappa shape index (κ1) is 39.3. The number of rotatable bonds is 17. The zero-order chi connectivity index (χ0) is 35.2. The van der Waals surface area contributed by atoms with E-state index < -0.39 is 16.6 Å². The summed E-state index contributed by atoms with van der Waals surface area (Å²) in [5, 5.41) is 0.376. The van der Waals surface area contributed by atoms with Gasteiger partial charge in [-0.3, -0.25) is 0 Å². The van der Waals surface area contributed by atoms with Crippen LogP contribution in [-0.4, -0.2) is 42.1 Å². The van der Waals surface area contributed by atoms with E-state index >= 15 is 0 Å². The monoisotopic (exact) mass is 694 g/mol. The van der Waals surface area contributed by atoms with Crippen LogP contribution < -0.4 is 4.43 Å². The molecule has 1 saturated carbocycles. The van der Waals surface area contributed by atoms with Crippen molar-refractivity contribution >= 4 is 16.6 Å². The highest BCUT2D eigenvalue weighted by molar-refractivity contribution is 6.75. The Kier molecular flexibility index (Phi) is 13.7. The van der Waals surface area contributed by atoms with Crippen LogP contribution >= 0.6 is 0 Å². The lowest BCUT2D eigenvalue weighted by Gasteiger charge is -2.41. The van der Waals surface area contributed by atoms with Crippen molar-refractivity contribution in [1.82, 2.24) is 0 Å². The van der Waals surface area contributed by atoms with Gasteiger partial charge in [-0.05, 0) is 115 Å². The molecule has 2 aromatic carbocycles. The summed E-state index contributed by atoms with van der Waals surface area (Å²) in [6.07, 6.45) is 11.2. The molecule has 0 N–H and O–H groups in total. The van der Waals surface area contributed by atoms with Gasteiger partial charge in [-0.15, -0.1) is 0 Å². The van der Waals surface area contributed by atoms with Gasteiger partial charge in [0.25, 0.3) is 0 Å². The fraction of sp³-hybridized carbons (Fsp3) is 0.714. The molecule has 6 heteroatoms. The molecule has 0 aromatic heterocycles. The third-order valence-corrected chi connectivity index (χ3v) is 21.2. The molecule has 0 aliphatic heterocycles. The van der Waals surface area contributed by atoms with E-state index in [1.165, 1.54) is 48.8 Å². The molecule has 5 atom stereocenters. The smallest absolute Gasteiger partial charge is 0.250 e. The number of ether oxygens (including phenoxy) is 2. The van der Waals surface area contributed by atoms with E-state index in [1.54, 1.807) is 0 Å². The van der Waals surface area contributed by atoms with Crippen LogP contribution in [-0.2, 0) is 33.3 Å². The summed E-state index contributed by atoms with van der Waals surface area (Å²) in [5.41, 5.74) is 4.21. The van der Waals surface area contributed by atoms with Crippen molar-refractivity contribution in [2.24, 2.45) is 17.8 Å². The lowest BCUT2D eigenvalue weighted by atomic mass is 9.73. The molecule has 270 valence electrons. The van der Waals surface area contributed by atoms with Gasteiger partial charge in [0.05, 0.1) is 25.9 Å². The van der Waals surface area contributed by atoms with Crippen molar-refractivity contribution in [2.75, 3.05) is 13.2 Å². The van der Waals surface area contributed by atoms with Crippen molar-refractivity contribution < 1.29 is 18.3 Å². The molecule has 2 aliphatic rings. The maximum Gasteiger partial charge on any atom is 0.250 e. The molecule has 2 aliphatic carbocycles. The predicted octanol–water partition coefficient (Wildman–Crippen LogP) is 11.8. The molecule has 0 unspecified atom stereocenters. The molecule has 48 heavy (non-hydrogen) atoms. The second-order valence-corrected chi connectivity index (χ2v) is 27.5. The molecule has 2 aromatic rings. The maximum atomic E-state index is 7.36. The topological polar surface area (TPSA) is 36.9 Å². The van der Waals surface area contributed by atoms with Gasteiger partial charge < -0.3 is 18.3 Å². The summed E-state index contributed by atoms with van der Waals surface area (Å²) in [6.45, 7) is 28.0. The minimum absolute atomic E-state index is 0.178. The quantitative estimate of drug-likeness (QED) is 0.122. The van der Waals surface area contributed by atoms with Crippen LogP contribution in [0.15, 0.2) is 48.5 Å². The summed E-state index contributed by atoms with van der Waals surface area (Å²) in [4.78, 5) is 0. The highest BCUT2D eigenvalue weighted by Crippen LogP contribution is 2.52. The van der Waals surface area contributed by atoms with Crippen molar-refractivity contribution in [3.8, 4) is 5.75 Å². The van der Waals surface area contributed by atoms with E-state index in [0.29, 0.717) is 43.7 Å². The second kappa shape index (κ2) is 16.7. The van der Waals surface area contributed by atoms with Crippen LogP contribution in [0.3, 0.4) is 0 Å². The third kappa shape index (κ3) is 10.3. The van der Waals surface area contributed by atoms with E-state index in [4.69, 9.17) is 18.3 Å². The fourth-order valence-corrected chi connectivity index (χ4v) is 9.77. The summed E-state index contributed by atoms with van der Waals surface area (Å²) < 4.78 is 26.9. The van der Waals surface area contributed by atoms with Crippen molar-refractivity contribution in [3.63, 3.8) is 0 Å². The van der Waals surface area contributed by atoms with E-state index in [9.17, 15) is 0 Å². The SMILES string of the molecule is CCCCC[C@@H](CC[C@@H]1[C@H]2Cc3cccc(O[Si](C)(C)C(C)(C)C)c3C[C@H]2C[C@H]1O[Si](C)(C)C(C)(C)C)OCCOCc1ccccc1. The van der Waals surface area contributed by atoms with Crippen LogP contribution in [0, 0.1) is 17.8 Å². The molecule has 0 heterocycles. The van der Waals surface area contributed by atoms with E-state index in [2.05, 4.69) is 123 Å². The zero-order valence-electron chi connectivity index (χ0n) is 32.6. The molecule has 0 radical (unpaired) electrons. The highest BCUT2D eigenvalue weighted by atomic mass is 28.4. The van der Waals surface area contributed by atoms with Crippen molar-refractivity contribution in [2.45, 2.75) is 161 Å². The highest BCUT2D eigenvalue weighted by Gasteiger charge is 2.50. The number of hydrogen-bond acceptors (Lipinski definition) is 4. The lowest BCUT2D eigenvalue weighted by Crippen LogP contribution is -2.45. The van der Waals surface area contributed by atoms with Crippen molar-refractivity contribution in [3.05, 3.63) is 65.2 Å². The Bertz CT molecular complexity index is 1260. The first-order valence-corrected chi connectivity index (χ1v) is 25.0. The summed E-state index contributed by atoms with van der Waals surface area (Å²) in [6, 6.07) is 17.3. The van der Waals surface area contributed by atoms with Crippen LogP contribution in [0.2, 0.25) is 36.3 Å². The van der Waals surface area contributed by atoms with Crippen LogP contribution in [0.4, 0.5) is 0 Å². The summed E-state index contributed by atoms with van der Waals surface area (Å²) in [7, 11) is -3.86. The number of unbranched alkanes of at least 4 members (excludes halogenated alkanes) is 2. The summed E-state index contributed by atoms with van der Waals surface area (Å²) >= 11 is 0.